The van der Waals surface area contributed by atoms with E-state index in [1.54, 1.807) is 12.4 Å². The number of halogens is 1. The van der Waals surface area contributed by atoms with Gasteiger partial charge in [0.25, 0.3) is 0 Å². The molecular weight excluding hydrogens is 557 g/mol. The van der Waals surface area contributed by atoms with Gasteiger partial charge in [-0.3, -0.25) is 9.88 Å². The van der Waals surface area contributed by atoms with Crippen molar-refractivity contribution in [1.29, 1.82) is 5.26 Å². The Morgan fingerprint density at radius 1 is 1.24 bits per heavy atom. The van der Waals surface area contributed by atoms with Crippen molar-refractivity contribution < 1.29 is 9.13 Å². The van der Waals surface area contributed by atoms with Crippen LogP contribution in [0.4, 0.5) is 27.1 Å². The molecule has 3 atom stereocenters. The quantitative estimate of drug-likeness (QED) is 0.414. The lowest BCUT2D eigenvalue weighted by Crippen LogP contribution is -2.59. The first-order valence-corrected chi connectivity index (χ1v) is 15.2. The number of rotatable bonds is 7. The molecule has 14 heteroatoms. The van der Waals surface area contributed by atoms with E-state index in [-0.39, 0.29) is 23.0 Å². The minimum atomic E-state index is -0.846. The van der Waals surface area contributed by atoms with E-state index in [0.717, 1.165) is 37.8 Å². The fourth-order valence-electron chi connectivity index (χ4n) is 7.35. The lowest BCUT2D eigenvalue weighted by molar-refractivity contribution is 0.107. The summed E-state index contributed by atoms with van der Waals surface area (Å²) < 4.78 is 20.7. The summed E-state index contributed by atoms with van der Waals surface area (Å²) in [5.41, 5.74) is 14.2. The molecule has 4 aliphatic rings. The zero-order chi connectivity index (χ0) is 29.2. The van der Waals surface area contributed by atoms with E-state index < -0.39 is 6.17 Å². The van der Waals surface area contributed by atoms with Crippen molar-refractivity contribution in [3.8, 4) is 12.1 Å². The van der Waals surface area contributed by atoms with E-state index in [0.29, 0.717) is 66.6 Å². The number of nitrogens with two attached hydrogens (primary N) is 2. The first-order valence-electron chi connectivity index (χ1n) is 14.4. The van der Waals surface area contributed by atoms with E-state index >= 15 is 0 Å². The van der Waals surface area contributed by atoms with E-state index in [1.807, 2.05) is 18.9 Å². The molecule has 3 fully saturated rings. The number of anilines is 4. The summed E-state index contributed by atoms with van der Waals surface area (Å²) in [4.78, 5) is 30.3. The van der Waals surface area contributed by atoms with Crippen molar-refractivity contribution in [2.24, 2.45) is 0 Å². The number of thiophene rings is 1. The Balaban J connectivity index is 1.19. The van der Waals surface area contributed by atoms with Gasteiger partial charge in [0, 0.05) is 55.8 Å². The molecule has 0 amide bonds. The summed E-state index contributed by atoms with van der Waals surface area (Å²) in [7, 11) is 1.87. The Bertz CT molecular complexity index is 1570. The van der Waals surface area contributed by atoms with Crippen LogP contribution in [0.5, 0.6) is 6.01 Å². The van der Waals surface area contributed by atoms with Gasteiger partial charge in [0.05, 0.1) is 17.1 Å². The van der Waals surface area contributed by atoms with Crippen molar-refractivity contribution >= 4 is 34.1 Å². The molecule has 0 bridgehead atoms. The molecule has 7 rings (SSSR count). The van der Waals surface area contributed by atoms with E-state index in [4.69, 9.17) is 31.2 Å². The predicted molar refractivity (Wildman–Crippen MR) is 157 cm³/mol. The van der Waals surface area contributed by atoms with Crippen LogP contribution >= 0.6 is 11.3 Å². The first kappa shape index (κ1) is 27.0. The number of nitrogens with zero attached hydrogens (tertiary/aromatic N) is 9. The molecule has 42 heavy (non-hydrogen) atoms. The number of ether oxygens (including phenoxy) is 1. The van der Waals surface area contributed by atoms with Crippen LogP contribution in [0, 0.1) is 11.3 Å². The van der Waals surface area contributed by atoms with Crippen molar-refractivity contribution in [2.75, 3.05) is 61.1 Å². The maximum atomic E-state index is 14.4. The highest BCUT2D eigenvalue weighted by Gasteiger charge is 2.52. The van der Waals surface area contributed by atoms with E-state index in [9.17, 15) is 9.65 Å². The standard InChI is InChI=1S/C28H34FN11OS/c1-16(21-22(31)34-8-7-33-21)38(2)24-35-25(37-26(36-24)41-15-28-5-3-9-40(28)12-17(29)10-28)39-13-27(14-39)6-4-19-20(27)18(11-30)23(32)42-19/h7-8,16-17H,3-6,9-10,12-15,32H2,1-2H3,(H2,31,34)/t16?,17-,28+/m1/s1. The van der Waals surface area contributed by atoms with Crippen molar-refractivity contribution in [3.05, 3.63) is 34.1 Å². The van der Waals surface area contributed by atoms with Crippen LogP contribution in [0.15, 0.2) is 12.4 Å². The SMILES string of the molecule is CC(c1nccnc1N)N(C)c1nc(OC[C@@]23CCCN2C[C@H](F)C3)nc(N2CC3(CCc4sc(N)c(C#N)c43)C2)n1. The van der Waals surface area contributed by atoms with Crippen LogP contribution in [-0.4, -0.2) is 81.4 Å². The molecule has 4 N–H and O–H groups in total. The summed E-state index contributed by atoms with van der Waals surface area (Å²) >= 11 is 1.53. The Morgan fingerprint density at radius 3 is 2.83 bits per heavy atom. The van der Waals surface area contributed by atoms with Crippen LogP contribution in [0.3, 0.4) is 0 Å². The molecule has 3 aromatic rings. The van der Waals surface area contributed by atoms with Crippen molar-refractivity contribution in [2.45, 2.75) is 62.2 Å². The third-order valence-electron chi connectivity index (χ3n) is 9.62. The number of hydrogen-bond donors (Lipinski definition) is 2. The number of aryl methyl sites for hydroxylation is 1. The lowest BCUT2D eigenvalue weighted by Gasteiger charge is -2.48. The maximum Gasteiger partial charge on any atom is 0.323 e. The average Bonchev–Trinajstić information content (AvgIpc) is 3.68. The van der Waals surface area contributed by atoms with Crippen LogP contribution < -0.4 is 26.0 Å². The lowest BCUT2D eigenvalue weighted by atomic mass is 9.74. The number of alkyl halides is 1. The zero-order valence-electron chi connectivity index (χ0n) is 23.8. The number of aromatic nitrogens is 5. The minimum Gasteiger partial charge on any atom is -0.461 e. The Hall–Kier alpha value is -3.83. The third-order valence-corrected chi connectivity index (χ3v) is 10.7. The topological polar surface area (TPSA) is 159 Å². The average molecular weight is 592 g/mol. The molecule has 1 spiro atoms. The van der Waals surface area contributed by atoms with Gasteiger partial charge in [0.2, 0.25) is 11.9 Å². The largest absolute Gasteiger partial charge is 0.461 e. The molecule has 0 saturated carbocycles. The Morgan fingerprint density at radius 2 is 2.05 bits per heavy atom. The molecule has 0 radical (unpaired) electrons. The predicted octanol–water partition coefficient (Wildman–Crippen LogP) is 2.62. The first-order chi connectivity index (χ1) is 20.2. The zero-order valence-corrected chi connectivity index (χ0v) is 24.6. The molecule has 3 saturated heterocycles. The van der Waals surface area contributed by atoms with Gasteiger partial charge in [-0.15, -0.1) is 11.3 Å². The Kier molecular flexibility index (Phi) is 6.36. The summed E-state index contributed by atoms with van der Waals surface area (Å²) in [5.74, 6) is 1.25. The van der Waals surface area contributed by atoms with Gasteiger partial charge < -0.3 is 26.0 Å². The number of nitrogen functional groups attached to an aromatic ring is 2. The van der Waals surface area contributed by atoms with Gasteiger partial charge in [-0.1, -0.05) is 0 Å². The van der Waals surface area contributed by atoms with Gasteiger partial charge in [0.15, 0.2) is 0 Å². The second kappa shape index (κ2) is 9.88. The summed E-state index contributed by atoms with van der Waals surface area (Å²) in [6.45, 7) is 4.96. The number of hydrogen-bond acceptors (Lipinski definition) is 13. The fraction of sp³-hybridized carbons (Fsp3) is 0.571. The summed E-state index contributed by atoms with van der Waals surface area (Å²) in [6, 6.07) is 2.26. The smallest absolute Gasteiger partial charge is 0.323 e. The van der Waals surface area contributed by atoms with Crippen LogP contribution in [0.25, 0.3) is 0 Å². The second-order valence-electron chi connectivity index (χ2n) is 12.1. The van der Waals surface area contributed by atoms with Crippen LogP contribution in [-0.2, 0) is 11.8 Å². The molecule has 1 unspecified atom stereocenters. The highest BCUT2D eigenvalue weighted by Crippen LogP contribution is 2.52. The third kappa shape index (κ3) is 4.20. The van der Waals surface area contributed by atoms with Crippen LogP contribution in [0.1, 0.15) is 60.3 Å². The molecule has 3 aliphatic heterocycles. The van der Waals surface area contributed by atoms with Gasteiger partial charge >= 0.3 is 6.01 Å². The molecular formula is C28H34FN11OS. The summed E-state index contributed by atoms with van der Waals surface area (Å²) in [6.07, 6.45) is 6.59. The van der Waals surface area contributed by atoms with Gasteiger partial charge in [-0.05, 0) is 44.7 Å². The summed E-state index contributed by atoms with van der Waals surface area (Å²) in [5, 5.41) is 10.4. The highest BCUT2D eigenvalue weighted by molar-refractivity contribution is 7.16. The van der Waals surface area contributed by atoms with E-state index in [2.05, 4.69) is 25.8 Å². The fourth-order valence-corrected chi connectivity index (χ4v) is 8.49. The van der Waals surface area contributed by atoms with Gasteiger partial charge in [0.1, 0.15) is 35.4 Å². The molecule has 1 aliphatic carbocycles. The maximum absolute atomic E-state index is 14.4. The Labute approximate surface area is 247 Å². The number of nitriles is 1. The molecule has 6 heterocycles. The normalized spacial score (nSPS) is 24.7. The van der Waals surface area contributed by atoms with Crippen LogP contribution in [0.2, 0.25) is 0 Å². The van der Waals surface area contributed by atoms with Gasteiger partial charge in [-0.2, -0.15) is 20.2 Å². The molecule has 220 valence electrons. The van der Waals surface area contributed by atoms with E-state index in [1.165, 1.54) is 16.2 Å². The molecule has 3 aromatic heterocycles. The second-order valence-corrected chi connectivity index (χ2v) is 13.2. The van der Waals surface area contributed by atoms with Gasteiger partial charge in [-0.25, -0.2) is 9.37 Å². The minimum absolute atomic E-state index is 0.140. The van der Waals surface area contributed by atoms with Crippen molar-refractivity contribution in [1.82, 2.24) is 29.8 Å². The molecule has 0 aromatic carbocycles. The highest BCUT2D eigenvalue weighted by atomic mass is 32.1. The molecule has 12 nitrogen and oxygen atoms in total. The monoisotopic (exact) mass is 591 g/mol. The van der Waals surface area contributed by atoms with Crippen molar-refractivity contribution in [3.63, 3.8) is 0 Å². The number of fused-ring (bicyclic) bond motifs is 3.